The van der Waals surface area contributed by atoms with Crippen molar-refractivity contribution in [1.82, 2.24) is 10.2 Å². The standard InChI is InChI=1S/C26H30N2O5/c29-24(28-14-12-18(16-28)15-25(30)31)11-5-6-13-27-26(32)33-17-23-21-9-3-1-7-19(21)20-8-2-4-10-22(20)23/h1-4,7-10,18,23H,5-6,11-17H2,(H,27,32)(H,30,31). The van der Waals surface area contributed by atoms with Gasteiger partial charge in [-0.3, -0.25) is 9.59 Å². The first-order valence-electron chi connectivity index (χ1n) is 11.6. The molecule has 1 unspecified atom stereocenters. The zero-order valence-electron chi connectivity index (χ0n) is 18.7. The lowest BCUT2D eigenvalue weighted by Gasteiger charge is -2.16. The van der Waals surface area contributed by atoms with Crippen molar-refractivity contribution in [2.24, 2.45) is 5.92 Å². The van der Waals surface area contributed by atoms with Crippen molar-refractivity contribution in [3.63, 3.8) is 0 Å². The molecule has 1 saturated heterocycles. The smallest absolute Gasteiger partial charge is 0.407 e. The molecule has 0 spiro atoms. The van der Waals surface area contributed by atoms with Crippen molar-refractivity contribution < 1.29 is 24.2 Å². The first-order chi connectivity index (χ1) is 16.0. The van der Waals surface area contributed by atoms with Crippen molar-refractivity contribution >= 4 is 18.0 Å². The Bertz CT molecular complexity index is 976. The van der Waals surface area contributed by atoms with Crippen LogP contribution in [0.3, 0.4) is 0 Å². The van der Waals surface area contributed by atoms with E-state index in [0.717, 1.165) is 6.42 Å². The van der Waals surface area contributed by atoms with Crippen LogP contribution in [0.4, 0.5) is 4.79 Å². The van der Waals surface area contributed by atoms with Gasteiger partial charge in [0.1, 0.15) is 6.61 Å². The lowest BCUT2D eigenvalue weighted by atomic mass is 9.98. The van der Waals surface area contributed by atoms with Crippen LogP contribution in [0.15, 0.2) is 48.5 Å². The summed E-state index contributed by atoms with van der Waals surface area (Å²) in [5.41, 5.74) is 4.74. The number of ether oxygens (including phenoxy) is 1. The normalized spacial score (nSPS) is 16.8. The zero-order valence-corrected chi connectivity index (χ0v) is 18.7. The van der Waals surface area contributed by atoms with Crippen LogP contribution in [0.5, 0.6) is 0 Å². The second-order valence-corrected chi connectivity index (χ2v) is 8.80. The molecule has 2 aromatic rings. The number of rotatable bonds is 9. The quantitative estimate of drug-likeness (QED) is 0.563. The number of nitrogens with one attached hydrogen (secondary N) is 1. The molecular weight excluding hydrogens is 420 g/mol. The third kappa shape index (κ3) is 5.53. The lowest BCUT2D eigenvalue weighted by Crippen LogP contribution is -2.29. The fraction of sp³-hybridized carbons (Fsp3) is 0.423. The maximum Gasteiger partial charge on any atom is 0.407 e. The Labute approximate surface area is 193 Å². The number of amides is 2. The molecule has 7 heteroatoms. The number of alkyl carbamates (subject to hydrolysis) is 1. The molecule has 0 bridgehead atoms. The van der Waals surface area contributed by atoms with Crippen LogP contribution in [0.1, 0.15) is 49.1 Å². The highest BCUT2D eigenvalue weighted by molar-refractivity contribution is 5.79. The van der Waals surface area contributed by atoms with Crippen LogP contribution in [-0.4, -0.2) is 54.2 Å². The number of aliphatic carboxylic acids is 1. The van der Waals surface area contributed by atoms with E-state index >= 15 is 0 Å². The van der Waals surface area contributed by atoms with E-state index in [4.69, 9.17) is 9.84 Å². The molecule has 0 aromatic heterocycles. The minimum Gasteiger partial charge on any atom is -0.481 e. The fourth-order valence-corrected chi connectivity index (χ4v) is 4.87. The van der Waals surface area contributed by atoms with E-state index in [1.54, 1.807) is 4.90 Å². The Kier molecular flexibility index (Phi) is 7.27. The van der Waals surface area contributed by atoms with Crippen molar-refractivity contribution in [1.29, 1.82) is 0 Å². The third-order valence-corrected chi connectivity index (χ3v) is 6.53. The summed E-state index contributed by atoms with van der Waals surface area (Å²) in [6.45, 7) is 1.90. The average molecular weight is 451 g/mol. The van der Waals surface area contributed by atoms with Gasteiger partial charge in [0.2, 0.25) is 5.91 Å². The van der Waals surface area contributed by atoms with Crippen LogP contribution in [0.25, 0.3) is 11.1 Å². The van der Waals surface area contributed by atoms with Crippen LogP contribution in [0, 0.1) is 5.92 Å². The molecule has 1 heterocycles. The van der Waals surface area contributed by atoms with Gasteiger partial charge in [-0.05, 0) is 47.4 Å². The SMILES string of the molecule is O=C(O)CC1CCN(C(=O)CCCCNC(=O)OCC2c3ccccc3-c3ccccc32)C1. The number of fused-ring (bicyclic) bond motifs is 3. The number of unbranched alkanes of at least 4 members (excludes halogenated alkanes) is 1. The predicted octanol–water partition coefficient (Wildman–Crippen LogP) is 4.02. The Hall–Kier alpha value is -3.35. The largest absolute Gasteiger partial charge is 0.481 e. The summed E-state index contributed by atoms with van der Waals surface area (Å²) >= 11 is 0. The van der Waals surface area contributed by atoms with Gasteiger partial charge in [0.05, 0.1) is 0 Å². The van der Waals surface area contributed by atoms with E-state index < -0.39 is 12.1 Å². The Morgan fingerprint density at radius 2 is 1.67 bits per heavy atom. The zero-order chi connectivity index (χ0) is 23.2. The molecule has 1 fully saturated rings. The molecule has 1 aliphatic carbocycles. The number of nitrogens with zero attached hydrogens (tertiary/aromatic N) is 1. The summed E-state index contributed by atoms with van der Waals surface area (Å²) in [6, 6.07) is 16.4. The summed E-state index contributed by atoms with van der Waals surface area (Å²) in [4.78, 5) is 37.1. The molecule has 2 aliphatic rings. The monoisotopic (exact) mass is 450 g/mol. The Morgan fingerprint density at radius 3 is 2.33 bits per heavy atom. The van der Waals surface area contributed by atoms with Crippen LogP contribution in [0.2, 0.25) is 0 Å². The van der Waals surface area contributed by atoms with Crippen molar-refractivity contribution in [2.45, 2.75) is 38.0 Å². The van der Waals surface area contributed by atoms with Crippen LogP contribution >= 0.6 is 0 Å². The van der Waals surface area contributed by atoms with Gasteiger partial charge in [-0.1, -0.05) is 48.5 Å². The van der Waals surface area contributed by atoms with Gasteiger partial charge in [0.15, 0.2) is 0 Å². The Morgan fingerprint density at radius 1 is 1.00 bits per heavy atom. The second-order valence-electron chi connectivity index (χ2n) is 8.80. The summed E-state index contributed by atoms with van der Waals surface area (Å²) in [5.74, 6) is -0.662. The first-order valence-corrected chi connectivity index (χ1v) is 11.6. The molecule has 0 saturated carbocycles. The minimum absolute atomic E-state index is 0.0335. The molecule has 2 aromatic carbocycles. The van der Waals surface area contributed by atoms with Crippen molar-refractivity contribution in [3.05, 3.63) is 59.7 Å². The maximum atomic E-state index is 12.3. The minimum atomic E-state index is -0.811. The highest BCUT2D eigenvalue weighted by Gasteiger charge is 2.29. The number of carbonyl (C=O) groups excluding carboxylic acids is 2. The number of hydrogen-bond donors (Lipinski definition) is 2. The second kappa shape index (κ2) is 10.5. The molecule has 7 nitrogen and oxygen atoms in total. The lowest BCUT2D eigenvalue weighted by molar-refractivity contribution is -0.138. The molecule has 2 N–H and O–H groups in total. The highest BCUT2D eigenvalue weighted by atomic mass is 16.5. The fourth-order valence-electron chi connectivity index (χ4n) is 4.87. The van der Waals surface area contributed by atoms with Gasteiger partial charge in [0, 0.05) is 38.4 Å². The number of likely N-dealkylation sites (tertiary alicyclic amines) is 1. The summed E-state index contributed by atoms with van der Waals surface area (Å²) in [7, 11) is 0. The number of carboxylic acid groups (broad SMARTS) is 1. The molecule has 1 atom stereocenters. The molecular formula is C26H30N2O5. The topological polar surface area (TPSA) is 95.9 Å². The molecule has 1 aliphatic heterocycles. The van der Waals surface area contributed by atoms with Gasteiger partial charge in [-0.2, -0.15) is 0 Å². The van der Waals surface area contributed by atoms with Crippen molar-refractivity contribution in [3.8, 4) is 11.1 Å². The summed E-state index contributed by atoms with van der Waals surface area (Å²) < 4.78 is 5.52. The van der Waals surface area contributed by atoms with E-state index in [1.165, 1.54) is 22.3 Å². The third-order valence-electron chi connectivity index (χ3n) is 6.53. The van der Waals surface area contributed by atoms with Gasteiger partial charge < -0.3 is 20.1 Å². The molecule has 4 rings (SSSR count). The molecule has 33 heavy (non-hydrogen) atoms. The first kappa shape index (κ1) is 22.8. The molecule has 174 valence electrons. The van der Waals surface area contributed by atoms with E-state index in [-0.39, 0.29) is 30.8 Å². The van der Waals surface area contributed by atoms with Crippen LogP contribution < -0.4 is 5.32 Å². The predicted molar refractivity (Wildman–Crippen MR) is 124 cm³/mol. The maximum absolute atomic E-state index is 12.3. The van der Waals surface area contributed by atoms with E-state index in [1.807, 2.05) is 24.3 Å². The molecule has 2 amide bonds. The highest BCUT2D eigenvalue weighted by Crippen LogP contribution is 2.44. The summed E-state index contributed by atoms with van der Waals surface area (Å²) in [5, 5.41) is 11.7. The number of benzene rings is 2. The van der Waals surface area contributed by atoms with E-state index in [0.29, 0.717) is 38.9 Å². The number of carboxylic acids is 1. The average Bonchev–Trinajstić information content (AvgIpc) is 3.39. The Balaban J connectivity index is 1.15. The van der Waals surface area contributed by atoms with Gasteiger partial charge >= 0.3 is 12.1 Å². The van der Waals surface area contributed by atoms with Gasteiger partial charge in [-0.25, -0.2) is 4.79 Å². The van der Waals surface area contributed by atoms with E-state index in [9.17, 15) is 14.4 Å². The van der Waals surface area contributed by atoms with Crippen LogP contribution in [-0.2, 0) is 14.3 Å². The number of hydrogen-bond acceptors (Lipinski definition) is 4. The molecule has 0 radical (unpaired) electrons. The summed E-state index contributed by atoms with van der Waals surface area (Å²) in [6.07, 6.45) is 2.19. The number of carbonyl (C=O) groups is 3. The van der Waals surface area contributed by atoms with Crippen molar-refractivity contribution in [2.75, 3.05) is 26.2 Å². The van der Waals surface area contributed by atoms with E-state index in [2.05, 4.69) is 29.6 Å². The van der Waals surface area contributed by atoms with Gasteiger partial charge in [0.25, 0.3) is 0 Å². The van der Waals surface area contributed by atoms with Gasteiger partial charge in [-0.15, -0.1) is 0 Å².